The number of aryl methyl sites for hydroxylation is 1. The van der Waals surface area contributed by atoms with Crippen LogP contribution in [0.1, 0.15) is 50.8 Å². The smallest absolute Gasteiger partial charge is 0.151 e. The summed E-state index contributed by atoms with van der Waals surface area (Å²) in [6, 6.07) is 8.80. The summed E-state index contributed by atoms with van der Waals surface area (Å²) < 4.78 is 22.8. The minimum absolute atomic E-state index is 0.183. The van der Waals surface area contributed by atoms with Crippen molar-refractivity contribution >= 4 is 9.84 Å². The lowest BCUT2D eigenvalue weighted by Crippen LogP contribution is -2.26. The Bertz CT molecular complexity index is 480. The van der Waals surface area contributed by atoms with Crippen LogP contribution >= 0.6 is 0 Å². The first-order chi connectivity index (χ1) is 9.48. The van der Waals surface area contributed by atoms with Crippen molar-refractivity contribution in [1.82, 2.24) is 5.32 Å². The molecule has 1 atom stereocenters. The number of unbranched alkanes of at least 4 members (excludes halogenated alkanes) is 1. The molecule has 3 nitrogen and oxygen atoms in total. The Morgan fingerprint density at radius 1 is 1.15 bits per heavy atom. The van der Waals surface area contributed by atoms with Crippen molar-refractivity contribution < 1.29 is 8.42 Å². The molecule has 0 bridgehead atoms. The summed E-state index contributed by atoms with van der Waals surface area (Å²) >= 11 is 0. The summed E-state index contributed by atoms with van der Waals surface area (Å²) in [6.07, 6.45) is 3.57. The van der Waals surface area contributed by atoms with Gasteiger partial charge in [0, 0.05) is 18.3 Å². The highest BCUT2D eigenvalue weighted by Gasteiger charge is 2.09. The third-order valence-corrected chi connectivity index (χ3v) is 5.31. The first kappa shape index (κ1) is 17.2. The van der Waals surface area contributed by atoms with Gasteiger partial charge in [-0.25, -0.2) is 8.42 Å². The molecule has 0 saturated heterocycles. The number of benzene rings is 1. The fourth-order valence-electron chi connectivity index (χ4n) is 2.05. The van der Waals surface area contributed by atoms with E-state index in [-0.39, 0.29) is 17.5 Å². The topological polar surface area (TPSA) is 46.2 Å². The zero-order valence-corrected chi connectivity index (χ0v) is 13.7. The van der Waals surface area contributed by atoms with E-state index in [4.69, 9.17) is 0 Å². The van der Waals surface area contributed by atoms with Crippen LogP contribution in [0, 0.1) is 0 Å². The van der Waals surface area contributed by atoms with Gasteiger partial charge in [-0.3, -0.25) is 0 Å². The summed E-state index contributed by atoms with van der Waals surface area (Å²) in [6.45, 7) is 6.47. The van der Waals surface area contributed by atoms with Crippen molar-refractivity contribution in [1.29, 1.82) is 0 Å². The van der Waals surface area contributed by atoms with Crippen LogP contribution in [0.15, 0.2) is 24.3 Å². The third-order valence-electron chi connectivity index (χ3n) is 3.60. The monoisotopic (exact) mass is 297 g/mol. The van der Waals surface area contributed by atoms with E-state index in [1.54, 1.807) is 6.92 Å². The molecule has 114 valence electrons. The average molecular weight is 297 g/mol. The third kappa shape index (κ3) is 6.06. The van der Waals surface area contributed by atoms with Crippen LogP contribution < -0.4 is 5.32 Å². The van der Waals surface area contributed by atoms with Gasteiger partial charge in [0.1, 0.15) is 0 Å². The molecule has 1 aromatic rings. The Morgan fingerprint density at radius 2 is 1.80 bits per heavy atom. The van der Waals surface area contributed by atoms with Crippen molar-refractivity contribution in [2.75, 3.05) is 18.1 Å². The highest BCUT2D eigenvalue weighted by atomic mass is 32.2. The van der Waals surface area contributed by atoms with Gasteiger partial charge in [0.05, 0.1) is 5.75 Å². The van der Waals surface area contributed by atoms with Crippen LogP contribution in [0.2, 0.25) is 0 Å². The predicted molar refractivity (Wildman–Crippen MR) is 85.8 cm³/mol. The van der Waals surface area contributed by atoms with E-state index in [9.17, 15) is 8.42 Å². The Morgan fingerprint density at radius 3 is 2.35 bits per heavy atom. The van der Waals surface area contributed by atoms with Crippen LogP contribution in [0.5, 0.6) is 0 Å². The fraction of sp³-hybridized carbons (Fsp3) is 0.625. The minimum Gasteiger partial charge on any atom is -0.309 e. The van der Waals surface area contributed by atoms with E-state index in [1.807, 2.05) is 0 Å². The molecular formula is C16H27NO2S. The number of hydrogen-bond acceptors (Lipinski definition) is 3. The second kappa shape index (κ2) is 8.42. The highest BCUT2D eigenvalue weighted by Crippen LogP contribution is 2.14. The Balaban J connectivity index is 2.45. The standard InChI is InChI=1S/C16H27NO2S/c1-4-6-7-15-8-10-16(11-9-15)14(3)17-12-13-20(18,19)5-2/h8-11,14,17H,4-7,12-13H2,1-3H3. The molecule has 0 spiro atoms. The number of rotatable bonds is 9. The SMILES string of the molecule is CCCCc1ccc(C(C)NCCS(=O)(=O)CC)cc1. The summed E-state index contributed by atoms with van der Waals surface area (Å²) in [4.78, 5) is 0. The molecule has 0 aliphatic heterocycles. The molecule has 0 heterocycles. The van der Waals surface area contributed by atoms with Gasteiger partial charge in [0.15, 0.2) is 9.84 Å². The quantitative estimate of drug-likeness (QED) is 0.762. The van der Waals surface area contributed by atoms with Crippen molar-refractivity contribution in [3.8, 4) is 0 Å². The summed E-state index contributed by atoms with van der Waals surface area (Å²) in [5.41, 5.74) is 2.58. The molecule has 20 heavy (non-hydrogen) atoms. The predicted octanol–water partition coefficient (Wildman–Crippen LogP) is 3.11. The summed E-state index contributed by atoms with van der Waals surface area (Å²) in [5.74, 6) is 0.428. The van der Waals surface area contributed by atoms with E-state index >= 15 is 0 Å². The molecule has 0 aromatic heterocycles. The van der Waals surface area contributed by atoms with Crippen LogP contribution in [0.3, 0.4) is 0 Å². The van der Waals surface area contributed by atoms with Crippen LogP contribution in [-0.4, -0.2) is 26.5 Å². The van der Waals surface area contributed by atoms with Gasteiger partial charge in [-0.2, -0.15) is 0 Å². The summed E-state index contributed by atoms with van der Waals surface area (Å²) in [7, 11) is -2.88. The highest BCUT2D eigenvalue weighted by molar-refractivity contribution is 7.91. The van der Waals surface area contributed by atoms with Gasteiger partial charge in [-0.1, -0.05) is 44.5 Å². The van der Waals surface area contributed by atoms with Crippen molar-refractivity contribution in [3.05, 3.63) is 35.4 Å². The van der Waals surface area contributed by atoms with Crippen molar-refractivity contribution in [2.24, 2.45) is 0 Å². The molecule has 0 aliphatic carbocycles. The maximum atomic E-state index is 11.4. The maximum absolute atomic E-state index is 11.4. The van der Waals surface area contributed by atoms with E-state index in [0.29, 0.717) is 6.54 Å². The molecule has 1 aromatic carbocycles. The van der Waals surface area contributed by atoms with Gasteiger partial charge in [-0.15, -0.1) is 0 Å². The molecule has 0 amide bonds. The zero-order valence-electron chi connectivity index (χ0n) is 12.9. The minimum atomic E-state index is -2.88. The fourth-order valence-corrected chi connectivity index (χ4v) is 2.76. The lowest BCUT2D eigenvalue weighted by Gasteiger charge is -2.14. The van der Waals surface area contributed by atoms with Crippen molar-refractivity contribution in [3.63, 3.8) is 0 Å². The maximum Gasteiger partial charge on any atom is 0.151 e. The Hall–Kier alpha value is -0.870. The van der Waals surface area contributed by atoms with Gasteiger partial charge < -0.3 is 5.32 Å². The Kier molecular flexibility index (Phi) is 7.24. The number of sulfone groups is 1. The second-order valence-corrected chi connectivity index (χ2v) is 7.73. The molecule has 1 unspecified atom stereocenters. The second-order valence-electron chi connectivity index (χ2n) is 5.26. The van der Waals surface area contributed by atoms with E-state index in [1.165, 1.54) is 24.0 Å². The molecule has 0 radical (unpaired) electrons. The lowest BCUT2D eigenvalue weighted by molar-refractivity contribution is 0.573. The van der Waals surface area contributed by atoms with Crippen LogP contribution in [0.25, 0.3) is 0 Å². The lowest BCUT2D eigenvalue weighted by atomic mass is 10.0. The normalized spacial score (nSPS) is 13.3. The molecule has 4 heteroatoms. The van der Waals surface area contributed by atoms with E-state index in [2.05, 4.69) is 43.4 Å². The van der Waals surface area contributed by atoms with E-state index in [0.717, 1.165) is 6.42 Å². The molecule has 1 N–H and O–H groups in total. The van der Waals surface area contributed by atoms with Gasteiger partial charge >= 0.3 is 0 Å². The Labute approximate surface area is 123 Å². The number of hydrogen-bond donors (Lipinski definition) is 1. The first-order valence-corrected chi connectivity index (χ1v) is 9.33. The number of nitrogens with one attached hydrogen (secondary N) is 1. The van der Waals surface area contributed by atoms with Crippen LogP contribution in [-0.2, 0) is 16.3 Å². The average Bonchev–Trinajstić information content (AvgIpc) is 2.45. The molecule has 0 fully saturated rings. The zero-order chi connectivity index (χ0) is 15.0. The largest absolute Gasteiger partial charge is 0.309 e. The van der Waals surface area contributed by atoms with E-state index < -0.39 is 9.84 Å². The van der Waals surface area contributed by atoms with Crippen molar-refractivity contribution in [2.45, 2.75) is 46.1 Å². The molecule has 1 rings (SSSR count). The summed E-state index contributed by atoms with van der Waals surface area (Å²) in [5, 5.41) is 3.27. The first-order valence-electron chi connectivity index (χ1n) is 7.51. The van der Waals surface area contributed by atoms with Gasteiger partial charge in [0.2, 0.25) is 0 Å². The molecule has 0 saturated carbocycles. The molecule has 0 aliphatic rings. The van der Waals surface area contributed by atoms with Crippen LogP contribution in [0.4, 0.5) is 0 Å². The van der Waals surface area contributed by atoms with Gasteiger partial charge in [0.25, 0.3) is 0 Å². The van der Waals surface area contributed by atoms with Gasteiger partial charge in [-0.05, 0) is 30.9 Å². The molecular weight excluding hydrogens is 270 g/mol.